The lowest BCUT2D eigenvalue weighted by atomic mass is 9.78. The number of furan rings is 1. The van der Waals surface area contributed by atoms with Crippen molar-refractivity contribution in [1.29, 1.82) is 0 Å². The number of para-hydroxylation sites is 2. The molecule has 0 spiro atoms. The second-order valence-corrected chi connectivity index (χ2v) is 21.6. The average molecular weight is 908 g/mol. The van der Waals surface area contributed by atoms with Crippen molar-refractivity contribution in [1.82, 2.24) is 0 Å². The van der Waals surface area contributed by atoms with E-state index in [-0.39, 0.29) is 10.8 Å². The van der Waals surface area contributed by atoms with E-state index in [1.165, 1.54) is 69.9 Å². The molecule has 69 heavy (non-hydrogen) atoms. The molecular formula is C66H53NOS. The number of rotatable bonds is 7. The Hall–Kier alpha value is -7.72. The van der Waals surface area contributed by atoms with E-state index in [4.69, 9.17) is 4.42 Å². The van der Waals surface area contributed by atoms with Gasteiger partial charge in [0.15, 0.2) is 0 Å². The molecule has 0 aliphatic rings. The lowest BCUT2D eigenvalue weighted by Crippen LogP contribution is -2.16. The van der Waals surface area contributed by atoms with Gasteiger partial charge < -0.3 is 9.32 Å². The second-order valence-electron chi connectivity index (χ2n) is 20.5. The van der Waals surface area contributed by atoms with Crippen LogP contribution in [0.2, 0.25) is 0 Å². The van der Waals surface area contributed by atoms with Gasteiger partial charge in [0.1, 0.15) is 11.2 Å². The van der Waals surface area contributed by atoms with Gasteiger partial charge in [-0.05, 0) is 126 Å². The van der Waals surface area contributed by atoms with Crippen molar-refractivity contribution in [2.45, 2.75) is 52.4 Å². The lowest BCUT2D eigenvalue weighted by molar-refractivity contribution is 0.569. The maximum atomic E-state index is 6.34. The Kier molecular flexibility index (Phi) is 10.2. The number of nitrogens with zero attached hydrogens (tertiary/aromatic N) is 1. The molecule has 10 aromatic carbocycles. The van der Waals surface area contributed by atoms with Gasteiger partial charge in [-0.3, -0.25) is 0 Å². The molecule has 2 aromatic heterocycles. The second kappa shape index (κ2) is 16.5. The Morgan fingerprint density at radius 2 is 0.928 bits per heavy atom. The molecule has 0 N–H and O–H groups in total. The summed E-state index contributed by atoms with van der Waals surface area (Å²) in [6.07, 6.45) is 0. The summed E-state index contributed by atoms with van der Waals surface area (Å²) in [4.78, 5) is 2.46. The van der Waals surface area contributed by atoms with Crippen LogP contribution in [0.4, 0.5) is 17.1 Å². The van der Waals surface area contributed by atoms with Crippen LogP contribution >= 0.6 is 11.3 Å². The molecule has 3 heteroatoms. The van der Waals surface area contributed by atoms with Crippen LogP contribution in [-0.4, -0.2) is 0 Å². The molecule has 0 unspecified atom stereocenters. The van der Waals surface area contributed by atoms with Gasteiger partial charge in [0.2, 0.25) is 0 Å². The predicted molar refractivity (Wildman–Crippen MR) is 298 cm³/mol. The molecule has 0 aliphatic heterocycles. The topological polar surface area (TPSA) is 16.4 Å². The Bertz CT molecular complexity index is 3890. The minimum Gasteiger partial charge on any atom is -0.456 e. The van der Waals surface area contributed by atoms with Gasteiger partial charge in [-0.15, -0.1) is 11.3 Å². The van der Waals surface area contributed by atoms with Gasteiger partial charge in [-0.2, -0.15) is 0 Å². The third-order valence-electron chi connectivity index (χ3n) is 14.0. The van der Waals surface area contributed by atoms with Gasteiger partial charge in [0.25, 0.3) is 0 Å². The molecule has 334 valence electrons. The number of benzene rings is 10. The number of thiophene rings is 1. The highest BCUT2D eigenvalue weighted by Crippen LogP contribution is 2.48. The fourth-order valence-corrected chi connectivity index (χ4v) is 11.5. The Morgan fingerprint density at radius 3 is 1.68 bits per heavy atom. The van der Waals surface area contributed by atoms with Crippen LogP contribution in [0, 0.1) is 0 Å². The number of hydrogen-bond acceptors (Lipinski definition) is 3. The molecule has 12 rings (SSSR count). The summed E-state index contributed by atoms with van der Waals surface area (Å²) in [5.41, 5.74) is 17.3. The Balaban J connectivity index is 1.07. The zero-order chi connectivity index (χ0) is 47.0. The zero-order valence-corrected chi connectivity index (χ0v) is 40.8. The molecule has 0 radical (unpaired) electrons. The minimum atomic E-state index is -0.0124. The van der Waals surface area contributed by atoms with Crippen molar-refractivity contribution in [3.8, 4) is 44.5 Å². The van der Waals surface area contributed by atoms with Gasteiger partial charge in [0, 0.05) is 47.9 Å². The molecule has 0 amide bonds. The molecular weight excluding hydrogens is 855 g/mol. The Morgan fingerprint density at radius 1 is 0.362 bits per heavy atom. The first-order valence-electron chi connectivity index (χ1n) is 24.1. The predicted octanol–water partition coefficient (Wildman–Crippen LogP) is 19.8. The van der Waals surface area contributed by atoms with E-state index in [0.29, 0.717) is 0 Å². The Labute approximate surface area is 408 Å². The molecule has 2 heterocycles. The highest BCUT2D eigenvalue weighted by Gasteiger charge is 2.24. The third kappa shape index (κ3) is 7.50. The van der Waals surface area contributed by atoms with Crippen LogP contribution < -0.4 is 4.90 Å². The summed E-state index contributed by atoms with van der Waals surface area (Å²) in [6, 6.07) is 78.4. The fraction of sp³-hybridized carbons (Fsp3) is 0.121. The number of fused-ring (bicyclic) bond motifs is 7. The highest BCUT2D eigenvalue weighted by atomic mass is 32.1. The third-order valence-corrected chi connectivity index (χ3v) is 15.1. The molecule has 0 saturated carbocycles. The summed E-state index contributed by atoms with van der Waals surface area (Å²) in [6.45, 7) is 13.9. The summed E-state index contributed by atoms with van der Waals surface area (Å²) >= 11 is 1.86. The molecule has 0 bridgehead atoms. The maximum Gasteiger partial charge on any atom is 0.136 e. The van der Waals surface area contributed by atoms with Crippen molar-refractivity contribution in [3.63, 3.8) is 0 Å². The fourth-order valence-electron chi connectivity index (χ4n) is 10.4. The molecule has 0 aliphatic carbocycles. The number of hydrogen-bond donors (Lipinski definition) is 0. The summed E-state index contributed by atoms with van der Waals surface area (Å²) < 4.78 is 8.94. The van der Waals surface area contributed by atoms with Crippen molar-refractivity contribution >= 4 is 81.3 Å². The number of anilines is 3. The summed E-state index contributed by atoms with van der Waals surface area (Å²) in [5, 5.41) is 7.33. The quantitative estimate of drug-likeness (QED) is 0.158. The molecule has 0 saturated heterocycles. The van der Waals surface area contributed by atoms with Crippen LogP contribution in [0.15, 0.2) is 217 Å². The zero-order valence-electron chi connectivity index (χ0n) is 40.0. The van der Waals surface area contributed by atoms with Crippen molar-refractivity contribution in [2.75, 3.05) is 4.90 Å². The van der Waals surface area contributed by atoms with Crippen LogP contribution in [0.3, 0.4) is 0 Å². The van der Waals surface area contributed by atoms with Crippen LogP contribution in [0.5, 0.6) is 0 Å². The van der Waals surface area contributed by atoms with Crippen LogP contribution in [0.25, 0.3) is 97.4 Å². The van der Waals surface area contributed by atoms with Crippen LogP contribution in [-0.2, 0) is 10.8 Å². The van der Waals surface area contributed by atoms with E-state index in [9.17, 15) is 0 Å². The molecule has 0 atom stereocenters. The van der Waals surface area contributed by atoms with E-state index in [2.05, 4.69) is 253 Å². The standard InChI is InChI=1S/C66H53NOS/c1-65(2,3)46-38-45(39-47(41-46)66(4,5)6)52-25-14-18-43-19-15-28-54(62(43)52)53-22-7-10-29-57(53)67(48-36-34-42(35-37-48)50-26-16-31-59-63(50)55-23-8-11-30-58(55)68-59)49-21-13-20-44(40-49)51-27-17-33-61-64(51)56-24-9-12-32-60(56)69-61/h7-41H,1-6H3. The molecule has 2 nitrogen and oxygen atoms in total. The average Bonchev–Trinajstić information content (AvgIpc) is 3.95. The monoisotopic (exact) mass is 907 g/mol. The molecule has 12 aromatic rings. The van der Waals surface area contributed by atoms with Gasteiger partial charge in [-0.25, -0.2) is 0 Å². The van der Waals surface area contributed by atoms with Crippen molar-refractivity contribution < 1.29 is 4.42 Å². The van der Waals surface area contributed by atoms with E-state index >= 15 is 0 Å². The van der Waals surface area contributed by atoms with Crippen molar-refractivity contribution in [3.05, 3.63) is 223 Å². The van der Waals surface area contributed by atoms with Gasteiger partial charge in [-0.1, -0.05) is 199 Å². The first-order valence-corrected chi connectivity index (χ1v) is 24.9. The smallest absolute Gasteiger partial charge is 0.136 e. The van der Waals surface area contributed by atoms with E-state index in [1.807, 2.05) is 17.4 Å². The minimum absolute atomic E-state index is 0.0124. The maximum absolute atomic E-state index is 6.34. The highest BCUT2D eigenvalue weighted by molar-refractivity contribution is 7.25. The largest absolute Gasteiger partial charge is 0.456 e. The SMILES string of the molecule is CC(C)(C)c1cc(-c2cccc3cccc(-c4ccccc4N(c4ccc(-c5cccc6oc7ccccc7c56)cc4)c4cccc(-c5cccc6sc7ccccc7c56)c4)c23)cc(C(C)(C)C)c1. The van der Waals surface area contributed by atoms with Crippen molar-refractivity contribution in [2.24, 2.45) is 0 Å². The summed E-state index contributed by atoms with van der Waals surface area (Å²) in [5.74, 6) is 0. The lowest BCUT2D eigenvalue weighted by Gasteiger charge is -2.29. The van der Waals surface area contributed by atoms with Gasteiger partial charge >= 0.3 is 0 Å². The van der Waals surface area contributed by atoms with E-state index in [0.717, 1.165) is 55.7 Å². The first-order chi connectivity index (χ1) is 33.5. The van der Waals surface area contributed by atoms with E-state index < -0.39 is 0 Å². The first kappa shape index (κ1) is 42.6. The normalized spacial score (nSPS) is 12.2. The van der Waals surface area contributed by atoms with Gasteiger partial charge in [0.05, 0.1) is 5.69 Å². The summed E-state index contributed by atoms with van der Waals surface area (Å²) in [7, 11) is 0. The van der Waals surface area contributed by atoms with E-state index in [1.54, 1.807) is 0 Å². The molecule has 0 fully saturated rings. The van der Waals surface area contributed by atoms with Crippen LogP contribution in [0.1, 0.15) is 52.7 Å².